The maximum absolute atomic E-state index is 2.44. The number of aromatic nitrogens is 1. The van der Waals surface area contributed by atoms with Crippen LogP contribution in [-0.2, 0) is 5.41 Å². The second kappa shape index (κ2) is 13.0. The van der Waals surface area contributed by atoms with E-state index in [9.17, 15) is 0 Å². The molecule has 0 spiro atoms. The Kier molecular flexibility index (Phi) is 7.55. The molecule has 0 N–H and O–H groups in total. The van der Waals surface area contributed by atoms with E-state index in [2.05, 4.69) is 230 Å². The van der Waals surface area contributed by atoms with Crippen LogP contribution in [0.3, 0.4) is 0 Å². The van der Waals surface area contributed by atoms with Gasteiger partial charge in [0.2, 0.25) is 0 Å². The van der Waals surface area contributed by atoms with Gasteiger partial charge in [0, 0.05) is 38.7 Å². The Morgan fingerprint density at radius 1 is 0.404 bits per heavy atom. The van der Waals surface area contributed by atoms with Gasteiger partial charge >= 0.3 is 0 Å². The van der Waals surface area contributed by atoms with E-state index < -0.39 is 0 Å². The molecule has 2 heteroatoms. The molecule has 270 valence electrons. The van der Waals surface area contributed by atoms with Gasteiger partial charge in [-0.05, 0) is 92.7 Å². The minimum absolute atomic E-state index is 0.0831. The SMILES string of the molecule is CC1(C)c2ccccc2-c2c(-c3ccccc3N(c3ccc(-c4ccccc4-n4c5ccccc5c5ccccc54)cc3)c3ccc4ccccc4c3)cccc21. The summed E-state index contributed by atoms with van der Waals surface area (Å²) in [5.74, 6) is 0. The summed E-state index contributed by atoms with van der Waals surface area (Å²) in [7, 11) is 0. The molecule has 0 saturated heterocycles. The smallest absolute Gasteiger partial charge is 0.0541 e. The first-order valence-corrected chi connectivity index (χ1v) is 19.9. The van der Waals surface area contributed by atoms with Crippen LogP contribution < -0.4 is 4.90 Å². The van der Waals surface area contributed by atoms with Gasteiger partial charge in [0.25, 0.3) is 0 Å². The molecule has 1 aliphatic carbocycles. The van der Waals surface area contributed by atoms with Crippen molar-refractivity contribution in [2.45, 2.75) is 19.3 Å². The molecule has 0 unspecified atom stereocenters. The van der Waals surface area contributed by atoms with E-state index >= 15 is 0 Å². The van der Waals surface area contributed by atoms with Crippen molar-refractivity contribution in [3.05, 3.63) is 217 Å². The molecule has 0 aliphatic heterocycles. The standard InChI is InChI=1S/C55H40N2/c1-55(2)48-24-10-5-22-47(48)54-46(23-15-25-49(54)55)45-21-9-12-27-51(45)56(41-35-30-37-16-3-4-17-39(37)36-41)40-33-31-38(32-34-40)42-18-6-11-26-50(42)57-52-28-13-7-19-43(52)44-20-8-14-29-53(44)57/h3-36H,1-2H3. The number of anilines is 3. The van der Waals surface area contributed by atoms with Crippen LogP contribution in [0, 0.1) is 0 Å². The van der Waals surface area contributed by atoms with Gasteiger partial charge in [0.05, 0.1) is 22.4 Å². The molecule has 57 heavy (non-hydrogen) atoms. The predicted octanol–water partition coefficient (Wildman–Crippen LogP) is 15.0. The molecule has 0 radical (unpaired) electrons. The maximum atomic E-state index is 2.44. The summed E-state index contributed by atoms with van der Waals surface area (Å²) in [4.78, 5) is 2.44. The lowest BCUT2D eigenvalue weighted by Crippen LogP contribution is -2.14. The van der Waals surface area contributed by atoms with Crippen molar-refractivity contribution in [2.75, 3.05) is 4.90 Å². The van der Waals surface area contributed by atoms with Gasteiger partial charge in [-0.1, -0.05) is 172 Å². The Labute approximate surface area is 333 Å². The fraction of sp³-hybridized carbons (Fsp3) is 0.0545. The van der Waals surface area contributed by atoms with E-state index in [1.165, 1.54) is 82.8 Å². The Morgan fingerprint density at radius 2 is 0.965 bits per heavy atom. The van der Waals surface area contributed by atoms with E-state index in [-0.39, 0.29) is 5.41 Å². The summed E-state index contributed by atoms with van der Waals surface area (Å²) in [6.45, 7) is 4.71. The van der Waals surface area contributed by atoms with Crippen LogP contribution in [-0.4, -0.2) is 4.57 Å². The highest BCUT2D eigenvalue weighted by molar-refractivity contribution is 6.10. The normalized spacial score (nSPS) is 12.9. The highest BCUT2D eigenvalue weighted by atomic mass is 15.1. The van der Waals surface area contributed by atoms with Crippen molar-refractivity contribution in [1.82, 2.24) is 4.57 Å². The zero-order valence-electron chi connectivity index (χ0n) is 32.0. The number of benzene rings is 9. The number of hydrogen-bond acceptors (Lipinski definition) is 1. The number of fused-ring (bicyclic) bond motifs is 7. The molecule has 10 aromatic rings. The lowest BCUT2D eigenvalue weighted by molar-refractivity contribution is 0.660. The number of para-hydroxylation sites is 4. The summed E-state index contributed by atoms with van der Waals surface area (Å²) in [5, 5.41) is 4.97. The third-order valence-corrected chi connectivity index (χ3v) is 12.2. The third-order valence-electron chi connectivity index (χ3n) is 12.2. The summed E-state index contributed by atoms with van der Waals surface area (Å²) in [6.07, 6.45) is 0. The van der Waals surface area contributed by atoms with Crippen molar-refractivity contribution >= 4 is 49.6 Å². The molecule has 0 amide bonds. The Balaban J connectivity index is 1.09. The molecule has 1 heterocycles. The van der Waals surface area contributed by atoms with E-state index in [1.54, 1.807) is 0 Å². The fourth-order valence-corrected chi connectivity index (χ4v) is 9.50. The van der Waals surface area contributed by atoms with Crippen LogP contribution in [0.4, 0.5) is 17.1 Å². The van der Waals surface area contributed by atoms with Crippen LogP contribution in [0.1, 0.15) is 25.0 Å². The lowest BCUT2D eigenvalue weighted by Gasteiger charge is -2.29. The van der Waals surface area contributed by atoms with Crippen LogP contribution >= 0.6 is 0 Å². The first kappa shape index (κ1) is 33.2. The molecule has 1 aliphatic rings. The Bertz CT molecular complexity index is 3110. The van der Waals surface area contributed by atoms with E-state index in [0.717, 1.165) is 17.1 Å². The van der Waals surface area contributed by atoms with Gasteiger partial charge in [-0.3, -0.25) is 0 Å². The molecule has 0 fully saturated rings. The van der Waals surface area contributed by atoms with Gasteiger partial charge in [-0.2, -0.15) is 0 Å². The van der Waals surface area contributed by atoms with Gasteiger partial charge in [0.15, 0.2) is 0 Å². The topological polar surface area (TPSA) is 8.17 Å². The number of rotatable bonds is 6. The summed E-state index contributed by atoms with van der Waals surface area (Å²) in [6, 6.07) is 75.6. The zero-order chi connectivity index (χ0) is 38.1. The first-order chi connectivity index (χ1) is 28.1. The predicted molar refractivity (Wildman–Crippen MR) is 241 cm³/mol. The van der Waals surface area contributed by atoms with Crippen LogP contribution in [0.5, 0.6) is 0 Å². The first-order valence-electron chi connectivity index (χ1n) is 19.9. The van der Waals surface area contributed by atoms with Crippen molar-refractivity contribution in [3.8, 4) is 39.1 Å². The van der Waals surface area contributed by atoms with Crippen LogP contribution in [0.2, 0.25) is 0 Å². The van der Waals surface area contributed by atoms with Crippen molar-refractivity contribution in [1.29, 1.82) is 0 Å². The van der Waals surface area contributed by atoms with E-state index in [1.807, 2.05) is 0 Å². The summed E-state index contributed by atoms with van der Waals surface area (Å²) < 4.78 is 2.42. The maximum Gasteiger partial charge on any atom is 0.0541 e. The molecule has 2 nitrogen and oxygen atoms in total. The van der Waals surface area contributed by atoms with Crippen molar-refractivity contribution < 1.29 is 0 Å². The van der Waals surface area contributed by atoms with Crippen molar-refractivity contribution in [2.24, 2.45) is 0 Å². The van der Waals surface area contributed by atoms with Gasteiger partial charge in [0.1, 0.15) is 0 Å². The Hall–Kier alpha value is -7.16. The molecular formula is C55H40N2. The van der Waals surface area contributed by atoms with Crippen LogP contribution in [0.15, 0.2) is 206 Å². The van der Waals surface area contributed by atoms with E-state index in [4.69, 9.17) is 0 Å². The average molecular weight is 729 g/mol. The molecule has 9 aromatic carbocycles. The van der Waals surface area contributed by atoms with Gasteiger partial charge in [-0.15, -0.1) is 0 Å². The molecular weight excluding hydrogens is 689 g/mol. The highest BCUT2D eigenvalue weighted by Gasteiger charge is 2.37. The average Bonchev–Trinajstić information content (AvgIpc) is 3.73. The van der Waals surface area contributed by atoms with Crippen LogP contribution in [0.25, 0.3) is 71.6 Å². The highest BCUT2D eigenvalue weighted by Crippen LogP contribution is 2.54. The second-order valence-electron chi connectivity index (χ2n) is 15.7. The summed E-state index contributed by atoms with van der Waals surface area (Å²) in [5.41, 5.74) is 17.1. The second-order valence-corrected chi connectivity index (χ2v) is 15.7. The molecule has 0 bridgehead atoms. The van der Waals surface area contributed by atoms with Gasteiger partial charge < -0.3 is 9.47 Å². The summed E-state index contributed by atoms with van der Waals surface area (Å²) >= 11 is 0. The molecule has 0 saturated carbocycles. The molecule has 11 rings (SSSR count). The fourth-order valence-electron chi connectivity index (χ4n) is 9.50. The Morgan fingerprint density at radius 3 is 1.74 bits per heavy atom. The van der Waals surface area contributed by atoms with E-state index in [0.29, 0.717) is 0 Å². The zero-order valence-corrected chi connectivity index (χ0v) is 32.0. The molecule has 0 atom stereocenters. The monoisotopic (exact) mass is 728 g/mol. The number of nitrogens with zero attached hydrogens (tertiary/aromatic N) is 2. The van der Waals surface area contributed by atoms with Crippen molar-refractivity contribution in [3.63, 3.8) is 0 Å². The molecule has 1 aromatic heterocycles. The minimum Gasteiger partial charge on any atom is -0.310 e. The minimum atomic E-state index is -0.0831. The number of hydrogen-bond donors (Lipinski definition) is 0. The lowest BCUT2D eigenvalue weighted by atomic mass is 9.82. The largest absolute Gasteiger partial charge is 0.310 e. The quantitative estimate of drug-likeness (QED) is 0.165. The van der Waals surface area contributed by atoms with Gasteiger partial charge in [-0.25, -0.2) is 0 Å². The third kappa shape index (κ3) is 5.18.